The average Bonchev–Trinajstić information content (AvgIpc) is 3.47. The number of nitrogens with one attached hydrogen (secondary N) is 1. The number of rotatable bonds is 6. The summed E-state index contributed by atoms with van der Waals surface area (Å²) >= 11 is 1.18. The molecule has 0 aliphatic heterocycles. The molecule has 0 unspecified atom stereocenters. The molecule has 4 aromatic rings. The van der Waals surface area contributed by atoms with Gasteiger partial charge in [0.2, 0.25) is 11.8 Å². The van der Waals surface area contributed by atoms with Crippen LogP contribution in [0.5, 0.6) is 0 Å². The van der Waals surface area contributed by atoms with Crippen molar-refractivity contribution >= 4 is 45.7 Å². The van der Waals surface area contributed by atoms with Crippen LogP contribution in [0.4, 0.5) is 20.9 Å². The van der Waals surface area contributed by atoms with E-state index in [2.05, 4.69) is 20.4 Å². The first-order chi connectivity index (χ1) is 15.5. The first-order valence-electron chi connectivity index (χ1n) is 9.46. The summed E-state index contributed by atoms with van der Waals surface area (Å²) in [6.07, 6.45) is 5.89. The molecule has 0 saturated heterocycles. The Morgan fingerprint density at radius 3 is 2.62 bits per heavy atom. The highest BCUT2D eigenvalue weighted by atomic mass is 32.1. The van der Waals surface area contributed by atoms with Gasteiger partial charge in [-0.2, -0.15) is 5.10 Å². The third-order valence-corrected chi connectivity index (χ3v) is 5.18. The molecule has 0 saturated carbocycles. The predicted octanol–water partition coefficient (Wildman–Crippen LogP) is 4.20. The molecule has 160 valence electrons. The van der Waals surface area contributed by atoms with Crippen molar-refractivity contribution in [1.29, 1.82) is 0 Å². The Morgan fingerprint density at radius 1 is 1.16 bits per heavy atom. The minimum atomic E-state index is -0.524. The van der Waals surface area contributed by atoms with E-state index in [-0.39, 0.29) is 17.5 Å². The first kappa shape index (κ1) is 21.1. The van der Waals surface area contributed by atoms with Crippen molar-refractivity contribution < 1.29 is 14.0 Å². The van der Waals surface area contributed by atoms with Gasteiger partial charge in [0.25, 0.3) is 0 Å². The zero-order valence-electron chi connectivity index (χ0n) is 16.8. The molecule has 2 amide bonds. The molecule has 2 aromatic carbocycles. The van der Waals surface area contributed by atoms with Crippen molar-refractivity contribution in [3.8, 4) is 5.69 Å². The Kier molecular flexibility index (Phi) is 6.13. The molecule has 10 heteroatoms. The molecular formula is C22H17FN6O2S. The fraction of sp³-hybridized carbons (Fsp3) is 0.0455. The Hall–Kier alpha value is -4.18. The average molecular weight is 448 g/mol. The zero-order chi connectivity index (χ0) is 22.5. The van der Waals surface area contributed by atoms with Gasteiger partial charge in [-0.1, -0.05) is 12.1 Å². The van der Waals surface area contributed by atoms with Gasteiger partial charge in [-0.3, -0.25) is 14.5 Å². The lowest BCUT2D eigenvalue weighted by molar-refractivity contribution is -0.116. The molecule has 0 aliphatic carbocycles. The maximum Gasteiger partial charge on any atom is 0.248 e. The summed E-state index contributed by atoms with van der Waals surface area (Å²) in [5.74, 6) is -1.23. The van der Waals surface area contributed by atoms with Gasteiger partial charge in [0.1, 0.15) is 18.5 Å². The normalized spacial score (nSPS) is 10.9. The van der Waals surface area contributed by atoms with Crippen LogP contribution >= 0.6 is 11.3 Å². The van der Waals surface area contributed by atoms with Gasteiger partial charge in [0.15, 0.2) is 5.13 Å². The Morgan fingerprint density at radius 2 is 1.94 bits per heavy atom. The number of anilines is 3. The van der Waals surface area contributed by atoms with Crippen LogP contribution in [0.1, 0.15) is 12.6 Å². The van der Waals surface area contributed by atoms with Crippen LogP contribution < -0.4 is 10.2 Å². The smallest absolute Gasteiger partial charge is 0.248 e. The number of thiazole rings is 1. The van der Waals surface area contributed by atoms with Crippen LogP contribution in [0.25, 0.3) is 11.8 Å². The molecule has 0 fully saturated rings. The first-order valence-corrected chi connectivity index (χ1v) is 10.3. The second-order valence-electron chi connectivity index (χ2n) is 6.57. The second kappa shape index (κ2) is 9.31. The standard InChI is InChI=1S/C22H17FN6O2S/c1-15(30)29(20-5-3-2-4-19(20)23)22-27-17(12-32-22)8-11-21(31)26-16-6-9-18(10-7-16)28-14-24-13-25-28/h2-14H,1H3,(H,26,31)/b11-8+. The highest BCUT2D eigenvalue weighted by Crippen LogP contribution is 2.31. The largest absolute Gasteiger partial charge is 0.323 e. The third kappa shape index (κ3) is 4.76. The van der Waals surface area contributed by atoms with E-state index < -0.39 is 5.82 Å². The third-order valence-electron chi connectivity index (χ3n) is 4.33. The monoisotopic (exact) mass is 448 g/mol. The van der Waals surface area contributed by atoms with Crippen molar-refractivity contribution in [2.45, 2.75) is 6.92 Å². The quantitative estimate of drug-likeness (QED) is 0.446. The van der Waals surface area contributed by atoms with Crippen LogP contribution in [0.15, 0.2) is 72.6 Å². The molecule has 1 N–H and O–H groups in total. The SMILES string of the molecule is CC(=O)N(c1nc(/C=C/C(=O)Nc2ccc(-n3cncn3)cc2)cs1)c1ccccc1F. The summed E-state index contributed by atoms with van der Waals surface area (Å²) < 4.78 is 15.8. The van der Waals surface area contributed by atoms with E-state index in [1.54, 1.807) is 52.8 Å². The van der Waals surface area contributed by atoms with Crippen molar-refractivity contribution in [2.75, 3.05) is 10.2 Å². The Labute approximate surface area is 186 Å². The number of hydrogen-bond donors (Lipinski definition) is 1. The van der Waals surface area contributed by atoms with Gasteiger partial charge >= 0.3 is 0 Å². The van der Waals surface area contributed by atoms with Crippen molar-refractivity contribution in [2.24, 2.45) is 0 Å². The number of para-hydroxylation sites is 1. The van der Waals surface area contributed by atoms with E-state index in [1.165, 1.54) is 53.8 Å². The summed E-state index contributed by atoms with van der Waals surface area (Å²) in [4.78, 5) is 33.8. The van der Waals surface area contributed by atoms with Crippen LogP contribution in [0.2, 0.25) is 0 Å². The predicted molar refractivity (Wildman–Crippen MR) is 120 cm³/mol. The van der Waals surface area contributed by atoms with Gasteiger partial charge < -0.3 is 5.32 Å². The highest BCUT2D eigenvalue weighted by Gasteiger charge is 2.20. The number of nitrogens with zero attached hydrogens (tertiary/aromatic N) is 5. The molecule has 0 radical (unpaired) electrons. The summed E-state index contributed by atoms with van der Waals surface area (Å²) in [6, 6.07) is 13.1. The van der Waals surface area contributed by atoms with Gasteiger partial charge in [-0.15, -0.1) is 11.3 Å². The molecule has 8 nitrogen and oxygen atoms in total. The minimum absolute atomic E-state index is 0.122. The van der Waals surface area contributed by atoms with E-state index in [9.17, 15) is 14.0 Å². The summed E-state index contributed by atoms with van der Waals surface area (Å²) in [7, 11) is 0. The fourth-order valence-corrected chi connectivity index (χ4v) is 3.73. The van der Waals surface area contributed by atoms with E-state index in [0.29, 0.717) is 16.5 Å². The number of carbonyl (C=O) groups is 2. The molecule has 32 heavy (non-hydrogen) atoms. The minimum Gasteiger partial charge on any atom is -0.323 e. The molecule has 0 aliphatic rings. The van der Waals surface area contributed by atoms with Gasteiger partial charge in [-0.05, 0) is 42.5 Å². The number of benzene rings is 2. The molecule has 2 aromatic heterocycles. The molecule has 4 rings (SSSR count). The van der Waals surface area contributed by atoms with Crippen LogP contribution in [-0.4, -0.2) is 31.6 Å². The lowest BCUT2D eigenvalue weighted by Gasteiger charge is -2.18. The van der Waals surface area contributed by atoms with E-state index in [1.807, 2.05) is 0 Å². The molecule has 0 atom stereocenters. The molecule has 0 bridgehead atoms. The van der Waals surface area contributed by atoms with E-state index in [4.69, 9.17) is 0 Å². The number of aromatic nitrogens is 4. The van der Waals surface area contributed by atoms with Crippen LogP contribution in [0, 0.1) is 5.82 Å². The second-order valence-corrected chi connectivity index (χ2v) is 7.41. The van der Waals surface area contributed by atoms with Gasteiger partial charge in [-0.25, -0.2) is 19.0 Å². The van der Waals surface area contributed by atoms with Crippen molar-refractivity contribution in [3.63, 3.8) is 0 Å². The summed E-state index contributed by atoms with van der Waals surface area (Å²) in [5.41, 5.74) is 2.03. The van der Waals surface area contributed by atoms with Gasteiger partial charge in [0, 0.05) is 24.1 Å². The Bertz CT molecular complexity index is 1270. The van der Waals surface area contributed by atoms with Crippen LogP contribution in [-0.2, 0) is 9.59 Å². The summed E-state index contributed by atoms with van der Waals surface area (Å²) in [6.45, 7) is 1.34. The van der Waals surface area contributed by atoms with Crippen molar-refractivity contribution in [1.82, 2.24) is 19.7 Å². The van der Waals surface area contributed by atoms with Gasteiger partial charge in [0.05, 0.1) is 17.1 Å². The fourth-order valence-electron chi connectivity index (χ4n) is 2.88. The topological polar surface area (TPSA) is 93.0 Å². The summed E-state index contributed by atoms with van der Waals surface area (Å²) in [5, 5.41) is 8.80. The maximum atomic E-state index is 14.2. The highest BCUT2D eigenvalue weighted by molar-refractivity contribution is 7.14. The number of amides is 2. The number of hydrogen-bond acceptors (Lipinski definition) is 6. The molecular weight excluding hydrogens is 431 g/mol. The molecule has 0 spiro atoms. The number of halogens is 1. The molecule has 2 heterocycles. The maximum absolute atomic E-state index is 14.2. The zero-order valence-corrected chi connectivity index (χ0v) is 17.7. The lowest BCUT2D eigenvalue weighted by Crippen LogP contribution is -2.23. The lowest BCUT2D eigenvalue weighted by atomic mass is 10.2. The van der Waals surface area contributed by atoms with E-state index in [0.717, 1.165) is 5.69 Å². The van der Waals surface area contributed by atoms with Crippen molar-refractivity contribution in [3.05, 3.63) is 84.2 Å². The number of carbonyl (C=O) groups excluding carboxylic acids is 2. The Balaban J connectivity index is 1.43. The van der Waals surface area contributed by atoms with E-state index >= 15 is 0 Å². The van der Waals surface area contributed by atoms with Crippen LogP contribution in [0.3, 0.4) is 0 Å².